The van der Waals surface area contributed by atoms with Gasteiger partial charge < -0.3 is 0 Å². The highest BCUT2D eigenvalue weighted by Gasteiger charge is 2.23. The normalized spacial score (nSPS) is 15.5. The van der Waals surface area contributed by atoms with Crippen LogP contribution in [-0.2, 0) is 0 Å². The van der Waals surface area contributed by atoms with Gasteiger partial charge in [-0.15, -0.1) is 0 Å². The summed E-state index contributed by atoms with van der Waals surface area (Å²) in [6, 6.07) is 52.7. The molecule has 0 radical (unpaired) electrons. The molecule has 1 aliphatic rings. The summed E-state index contributed by atoms with van der Waals surface area (Å²) < 4.78 is 0. The van der Waals surface area contributed by atoms with Crippen LogP contribution in [0.2, 0.25) is 0 Å². The van der Waals surface area contributed by atoms with Crippen molar-refractivity contribution in [1.29, 1.82) is 0 Å². The van der Waals surface area contributed by atoms with Crippen molar-refractivity contribution in [2.45, 2.75) is 79.1 Å². The van der Waals surface area contributed by atoms with Crippen LogP contribution in [0.5, 0.6) is 0 Å². The van der Waals surface area contributed by atoms with E-state index in [2.05, 4.69) is 199 Å². The van der Waals surface area contributed by atoms with Crippen molar-refractivity contribution in [3.63, 3.8) is 0 Å². The molecule has 0 heterocycles. The predicted molar refractivity (Wildman–Crippen MR) is 229 cm³/mol. The van der Waals surface area contributed by atoms with Crippen LogP contribution in [0, 0.1) is 41.5 Å². The van der Waals surface area contributed by atoms with Gasteiger partial charge in [-0.1, -0.05) is 180 Å². The fraction of sp³-hybridized carbons (Fsp3) is 0.231. The summed E-state index contributed by atoms with van der Waals surface area (Å²) in [7, 11) is 0. The SMILES string of the molecule is Cc1c(C)c2ccccc2c2ccccc12.Cc1ccc(C2CCC(c3ccc(C)cc3)CC2)cc1.Cc1ccc(C=Cc2ccc(C)cc2)cc1. The van der Waals surface area contributed by atoms with E-state index in [4.69, 9.17) is 0 Å². The Morgan fingerprint density at radius 1 is 0.327 bits per heavy atom. The molecule has 52 heavy (non-hydrogen) atoms. The predicted octanol–water partition coefficient (Wildman–Crippen LogP) is 14.8. The molecule has 0 aliphatic heterocycles. The van der Waals surface area contributed by atoms with Gasteiger partial charge in [-0.3, -0.25) is 0 Å². The van der Waals surface area contributed by atoms with Crippen LogP contribution >= 0.6 is 0 Å². The number of rotatable bonds is 4. The van der Waals surface area contributed by atoms with Gasteiger partial charge in [-0.25, -0.2) is 0 Å². The highest BCUT2D eigenvalue weighted by Crippen LogP contribution is 2.40. The molecule has 262 valence electrons. The summed E-state index contributed by atoms with van der Waals surface area (Å²) in [5.41, 5.74) is 13.7. The van der Waals surface area contributed by atoms with Crippen molar-refractivity contribution in [3.8, 4) is 0 Å². The van der Waals surface area contributed by atoms with Gasteiger partial charge in [0.05, 0.1) is 0 Å². The Morgan fingerprint density at radius 2 is 0.596 bits per heavy atom. The van der Waals surface area contributed by atoms with E-state index < -0.39 is 0 Å². The van der Waals surface area contributed by atoms with E-state index in [-0.39, 0.29) is 0 Å². The second-order valence-corrected chi connectivity index (χ2v) is 14.9. The Morgan fingerprint density at radius 3 is 0.904 bits per heavy atom. The Bertz CT molecular complexity index is 2040. The van der Waals surface area contributed by atoms with Crippen LogP contribution in [0.4, 0.5) is 0 Å². The molecule has 8 rings (SSSR count). The molecule has 0 aromatic heterocycles. The minimum Gasteiger partial charge on any atom is -0.0616 e. The monoisotopic (exact) mass is 678 g/mol. The molecule has 7 aromatic carbocycles. The molecule has 0 spiro atoms. The molecule has 1 fully saturated rings. The van der Waals surface area contributed by atoms with Gasteiger partial charge in [0.2, 0.25) is 0 Å². The topological polar surface area (TPSA) is 0 Å². The van der Waals surface area contributed by atoms with Crippen LogP contribution < -0.4 is 0 Å². The van der Waals surface area contributed by atoms with Gasteiger partial charge >= 0.3 is 0 Å². The fourth-order valence-corrected chi connectivity index (χ4v) is 7.48. The van der Waals surface area contributed by atoms with Crippen LogP contribution in [0.25, 0.3) is 33.7 Å². The quantitative estimate of drug-likeness (QED) is 0.128. The molecular formula is C52H54. The number of hydrogen-bond acceptors (Lipinski definition) is 0. The summed E-state index contributed by atoms with van der Waals surface area (Å²) in [5, 5.41) is 5.47. The molecule has 1 aliphatic carbocycles. The zero-order valence-electron chi connectivity index (χ0n) is 32.0. The Balaban J connectivity index is 0.000000135. The number of fused-ring (bicyclic) bond motifs is 3. The number of aryl methyl sites for hydroxylation is 6. The lowest BCUT2D eigenvalue weighted by Crippen LogP contribution is -2.12. The summed E-state index contributed by atoms with van der Waals surface area (Å²) in [4.78, 5) is 0. The molecule has 0 atom stereocenters. The zero-order chi connectivity index (χ0) is 36.5. The van der Waals surface area contributed by atoms with E-state index >= 15 is 0 Å². The third kappa shape index (κ3) is 9.36. The maximum absolute atomic E-state index is 2.33. The van der Waals surface area contributed by atoms with Gasteiger partial charge in [-0.05, 0) is 134 Å². The second kappa shape index (κ2) is 17.3. The van der Waals surface area contributed by atoms with Gasteiger partial charge in [-0.2, -0.15) is 0 Å². The largest absolute Gasteiger partial charge is 0.0616 e. The van der Waals surface area contributed by atoms with Crippen LogP contribution in [0.1, 0.15) is 93.2 Å². The first-order chi connectivity index (χ1) is 25.2. The summed E-state index contributed by atoms with van der Waals surface area (Å²) in [6.07, 6.45) is 9.63. The molecule has 0 heteroatoms. The molecule has 0 amide bonds. The van der Waals surface area contributed by atoms with Crippen LogP contribution in [-0.4, -0.2) is 0 Å². The molecule has 0 bridgehead atoms. The van der Waals surface area contributed by atoms with Gasteiger partial charge in [0.1, 0.15) is 0 Å². The highest BCUT2D eigenvalue weighted by molar-refractivity contribution is 6.10. The van der Waals surface area contributed by atoms with E-state index in [1.54, 1.807) is 0 Å². The summed E-state index contributed by atoms with van der Waals surface area (Å²) in [5.74, 6) is 1.55. The van der Waals surface area contributed by atoms with E-state index in [0.29, 0.717) is 0 Å². The third-order valence-corrected chi connectivity index (χ3v) is 11.0. The van der Waals surface area contributed by atoms with Gasteiger partial charge in [0.25, 0.3) is 0 Å². The minimum atomic E-state index is 0.775. The maximum Gasteiger partial charge on any atom is -0.0103 e. The van der Waals surface area contributed by atoms with Crippen molar-refractivity contribution >= 4 is 33.7 Å². The fourth-order valence-electron chi connectivity index (χ4n) is 7.48. The summed E-state index contributed by atoms with van der Waals surface area (Å²) in [6.45, 7) is 13.0. The van der Waals surface area contributed by atoms with Crippen LogP contribution in [0.15, 0.2) is 146 Å². The van der Waals surface area contributed by atoms with Gasteiger partial charge in [0, 0.05) is 0 Å². The third-order valence-electron chi connectivity index (χ3n) is 11.0. The van der Waals surface area contributed by atoms with Crippen molar-refractivity contribution in [3.05, 3.63) is 201 Å². The lowest BCUT2D eigenvalue weighted by molar-refractivity contribution is 0.396. The van der Waals surface area contributed by atoms with Crippen molar-refractivity contribution < 1.29 is 0 Å². The Labute approximate surface area is 312 Å². The molecule has 0 unspecified atom stereocenters. The van der Waals surface area contributed by atoms with E-state index in [9.17, 15) is 0 Å². The van der Waals surface area contributed by atoms with E-state index in [1.807, 2.05) is 0 Å². The Kier molecular flexibility index (Phi) is 12.2. The lowest BCUT2D eigenvalue weighted by Gasteiger charge is -2.29. The molecule has 0 nitrogen and oxygen atoms in total. The van der Waals surface area contributed by atoms with E-state index in [1.165, 1.54) is 103 Å². The second-order valence-electron chi connectivity index (χ2n) is 14.9. The molecular weight excluding hydrogens is 625 g/mol. The average molecular weight is 679 g/mol. The van der Waals surface area contributed by atoms with Gasteiger partial charge in [0.15, 0.2) is 0 Å². The van der Waals surface area contributed by atoms with Crippen molar-refractivity contribution in [1.82, 2.24) is 0 Å². The molecule has 0 N–H and O–H groups in total. The first-order valence-electron chi connectivity index (χ1n) is 19.1. The van der Waals surface area contributed by atoms with Crippen molar-refractivity contribution in [2.75, 3.05) is 0 Å². The molecule has 7 aromatic rings. The average Bonchev–Trinajstić information content (AvgIpc) is 3.19. The standard InChI is InChI=1S/C20H24.C16H14.C16H16/c1-15-3-7-17(8-4-15)19-11-13-20(14-12-19)18-9-5-16(2)6-10-18;1-11-12(2)14-8-4-6-10-16(14)15-9-5-3-7-13(11)15;1-13-3-7-15(8-4-13)11-12-16-9-5-14(2)6-10-16/h3-10,19-20H,11-14H2,1-2H3;3-10H,1-2H3;3-12H,1-2H3. The maximum atomic E-state index is 2.33. The Hall–Kier alpha value is -5.20. The smallest absolute Gasteiger partial charge is 0.0103 e. The first-order valence-corrected chi connectivity index (χ1v) is 19.1. The number of hydrogen-bond donors (Lipinski definition) is 0. The highest BCUT2D eigenvalue weighted by atomic mass is 14.3. The minimum absolute atomic E-state index is 0.775. The molecule has 0 saturated heterocycles. The van der Waals surface area contributed by atoms with E-state index in [0.717, 1.165) is 11.8 Å². The van der Waals surface area contributed by atoms with Crippen LogP contribution in [0.3, 0.4) is 0 Å². The zero-order valence-corrected chi connectivity index (χ0v) is 32.0. The number of benzene rings is 7. The first kappa shape index (κ1) is 36.6. The lowest BCUT2D eigenvalue weighted by atomic mass is 9.76. The van der Waals surface area contributed by atoms with Crippen molar-refractivity contribution in [2.24, 2.45) is 0 Å². The summed E-state index contributed by atoms with van der Waals surface area (Å²) >= 11 is 0. The molecule has 1 saturated carbocycles.